The average Bonchev–Trinajstić information content (AvgIpc) is 2.59. The first-order chi connectivity index (χ1) is 10.8. The maximum Gasteiger partial charge on any atom is 0.0958 e. The molecule has 0 spiro atoms. The number of allylic oxidation sites excluding steroid dienone is 3. The number of rotatable bonds is 4. The van der Waals surface area contributed by atoms with E-state index < -0.39 is 0 Å². The maximum absolute atomic E-state index is 4.39. The Hall–Kier alpha value is -2.41. The predicted octanol–water partition coefficient (Wildman–Crippen LogP) is 5.54. The van der Waals surface area contributed by atoms with Crippen molar-refractivity contribution in [3.8, 4) is 0 Å². The third kappa shape index (κ3) is 2.94. The lowest BCUT2D eigenvalue weighted by molar-refractivity contribution is 0.776. The van der Waals surface area contributed by atoms with Crippen LogP contribution in [0.4, 0.5) is 0 Å². The van der Waals surface area contributed by atoms with Crippen molar-refractivity contribution >= 4 is 12.3 Å². The highest BCUT2D eigenvalue weighted by atomic mass is 14.8. The molecule has 0 N–H and O–H groups in total. The summed E-state index contributed by atoms with van der Waals surface area (Å²) in [5, 5.41) is 0. The van der Waals surface area contributed by atoms with Crippen LogP contribution in [0, 0.1) is 6.92 Å². The fourth-order valence-electron chi connectivity index (χ4n) is 3.08. The largest absolute Gasteiger partial charge is 0.288 e. The standard InChI is InChI=1S/C21H21N/c1-16-8-6-7-11-20(16)21(22-2)19-14-12-18(13-15-19)17-9-4-3-5-10-17/h3-12,14,21H,2,13,15H2,1H3. The third-order valence-corrected chi connectivity index (χ3v) is 4.34. The molecule has 1 unspecified atom stereocenters. The molecular formula is C21H21N. The van der Waals surface area contributed by atoms with Crippen LogP contribution in [0.5, 0.6) is 0 Å². The molecule has 0 radical (unpaired) electrons. The van der Waals surface area contributed by atoms with Crippen molar-refractivity contribution in [2.24, 2.45) is 4.99 Å². The van der Waals surface area contributed by atoms with Crippen LogP contribution in [0.15, 0.2) is 77.3 Å². The van der Waals surface area contributed by atoms with Gasteiger partial charge in [0.2, 0.25) is 0 Å². The zero-order chi connectivity index (χ0) is 15.4. The molecule has 1 aliphatic carbocycles. The number of hydrogen-bond donors (Lipinski definition) is 0. The second kappa shape index (κ2) is 6.57. The van der Waals surface area contributed by atoms with Crippen molar-refractivity contribution < 1.29 is 0 Å². The molecule has 1 atom stereocenters. The Kier molecular flexibility index (Phi) is 4.34. The molecule has 0 saturated heterocycles. The van der Waals surface area contributed by atoms with Crippen LogP contribution in [0.1, 0.15) is 35.6 Å². The number of aryl methyl sites for hydroxylation is 1. The summed E-state index contributed by atoms with van der Waals surface area (Å²) in [6.45, 7) is 5.96. The lowest BCUT2D eigenvalue weighted by Crippen LogP contribution is -2.05. The van der Waals surface area contributed by atoms with Gasteiger partial charge in [0.05, 0.1) is 6.04 Å². The first-order valence-electron chi connectivity index (χ1n) is 7.76. The zero-order valence-corrected chi connectivity index (χ0v) is 13.0. The summed E-state index contributed by atoms with van der Waals surface area (Å²) in [7, 11) is 0. The molecule has 0 amide bonds. The molecule has 1 aliphatic rings. The summed E-state index contributed by atoms with van der Waals surface area (Å²) >= 11 is 0. The van der Waals surface area contributed by atoms with Crippen molar-refractivity contribution in [1.82, 2.24) is 0 Å². The van der Waals surface area contributed by atoms with E-state index in [0.717, 1.165) is 12.8 Å². The molecule has 0 heterocycles. The Morgan fingerprint density at radius 3 is 2.27 bits per heavy atom. The van der Waals surface area contributed by atoms with Gasteiger partial charge in [-0.1, -0.05) is 66.7 Å². The van der Waals surface area contributed by atoms with E-state index in [9.17, 15) is 0 Å². The van der Waals surface area contributed by atoms with Gasteiger partial charge in [-0.15, -0.1) is 0 Å². The monoisotopic (exact) mass is 287 g/mol. The van der Waals surface area contributed by atoms with Gasteiger partial charge in [-0.05, 0) is 54.3 Å². The highest BCUT2D eigenvalue weighted by Gasteiger charge is 2.18. The van der Waals surface area contributed by atoms with Crippen LogP contribution in [0.25, 0.3) is 5.57 Å². The van der Waals surface area contributed by atoms with Gasteiger partial charge in [-0.2, -0.15) is 0 Å². The summed E-state index contributed by atoms with van der Waals surface area (Å²) in [5.41, 5.74) is 6.61. The molecule has 0 aliphatic heterocycles. The van der Waals surface area contributed by atoms with Crippen molar-refractivity contribution in [2.45, 2.75) is 25.8 Å². The summed E-state index contributed by atoms with van der Waals surface area (Å²) < 4.78 is 0. The summed E-state index contributed by atoms with van der Waals surface area (Å²) in [4.78, 5) is 4.39. The lowest BCUT2D eigenvalue weighted by Gasteiger charge is -2.22. The van der Waals surface area contributed by atoms with Crippen LogP contribution in [-0.4, -0.2) is 6.72 Å². The quantitative estimate of drug-likeness (QED) is 0.655. The SMILES string of the molecule is C=NC(C1=CC=C(c2ccccc2)CC1)c1ccccc1C. The molecule has 0 fully saturated rings. The van der Waals surface area contributed by atoms with Gasteiger partial charge < -0.3 is 0 Å². The number of aliphatic imine (C=N–C) groups is 1. The number of nitrogens with zero attached hydrogens (tertiary/aromatic N) is 1. The van der Waals surface area contributed by atoms with E-state index in [4.69, 9.17) is 0 Å². The second-order valence-electron chi connectivity index (χ2n) is 5.74. The van der Waals surface area contributed by atoms with Crippen LogP contribution in [0.2, 0.25) is 0 Å². The van der Waals surface area contributed by atoms with Gasteiger partial charge in [-0.25, -0.2) is 0 Å². The van der Waals surface area contributed by atoms with Gasteiger partial charge >= 0.3 is 0 Å². The average molecular weight is 287 g/mol. The van der Waals surface area contributed by atoms with Crippen molar-refractivity contribution in [1.29, 1.82) is 0 Å². The van der Waals surface area contributed by atoms with E-state index in [-0.39, 0.29) is 6.04 Å². The smallest absolute Gasteiger partial charge is 0.0958 e. The van der Waals surface area contributed by atoms with Crippen molar-refractivity contribution in [3.63, 3.8) is 0 Å². The minimum atomic E-state index is 0.0785. The summed E-state index contributed by atoms with van der Waals surface area (Å²) in [5.74, 6) is 0. The topological polar surface area (TPSA) is 12.4 Å². The van der Waals surface area contributed by atoms with E-state index in [1.54, 1.807) is 0 Å². The molecule has 3 rings (SSSR count). The fourth-order valence-corrected chi connectivity index (χ4v) is 3.08. The molecule has 22 heavy (non-hydrogen) atoms. The van der Waals surface area contributed by atoms with Crippen LogP contribution >= 0.6 is 0 Å². The Morgan fingerprint density at radius 2 is 1.64 bits per heavy atom. The third-order valence-electron chi connectivity index (χ3n) is 4.34. The van der Waals surface area contributed by atoms with Gasteiger partial charge in [0.1, 0.15) is 0 Å². The Morgan fingerprint density at radius 1 is 0.909 bits per heavy atom. The molecule has 0 bridgehead atoms. The molecular weight excluding hydrogens is 266 g/mol. The van der Waals surface area contributed by atoms with Crippen LogP contribution in [0.3, 0.4) is 0 Å². The number of benzene rings is 2. The van der Waals surface area contributed by atoms with E-state index >= 15 is 0 Å². The normalized spacial score (nSPS) is 15.7. The van der Waals surface area contributed by atoms with Gasteiger partial charge in [0.15, 0.2) is 0 Å². The Balaban J connectivity index is 1.89. The first kappa shape index (κ1) is 14.5. The van der Waals surface area contributed by atoms with E-state index in [2.05, 4.69) is 85.4 Å². The van der Waals surface area contributed by atoms with Crippen molar-refractivity contribution in [3.05, 3.63) is 89.0 Å². The van der Waals surface area contributed by atoms with Crippen LogP contribution in [-0.2, 0) is 0 Å². The summed E-state index contributed by atoms with van der Waals surface area (Å²) in [6.07, 6.45) is 6.58. The number of hydrogen-bond acceptors (Lipinski definition) is 1. The second-order valence-corrected chi connectivity index (χ2v) is 5.74. The fraction of sp³-hybridized carbons (Fsp3) is 0.190. The van der Waals surface area contributed by atoms with E-state index in [0.29, 0.717) is 0 Å². The lowest BCUT2D eigenvalue weighted by atomic mass is 9.86. The van der Waals surface area contributed by atoms with E-state index in [1.807, 2.05) is 0 Å². The molecule has 2 aromatic rings. The minimum absolute atomic E-state index is 0.0785. The molecule has 110 valence electrons. The first-order valence-corrected chi connectivity index (χ1v) is 7.76. The summed E-state index contributed by atoms with van der Waals surface area (Å²) in [6, 6.07) is 19.1. The zero-order valence-electron chi connectivity index (χ0n) is 13.0. The Bertz CT molecular complexity index is 723. The Labute approximate surface area is 132 Å². The van der Waals surface area contributed by atoms with Gasteiger partial charge in [0.25, 0.3) is 0 Å². The highest BCUT2D eigenvalue weighted by Crippen LogP contribution is 2.36. The highest BCUT2D eigenvalue weighted by molar-refractivity contribution is 5.69. The molecule has 0 saturated carbocycles. The van der Waals surface area contributed by atoms with E-state index in [1.165, 1.54) is 27.8 Å². The van der Waals surface area contributed by atoms with Gasteiger partial charge in [0, 0.05) is 0 Å². The molecule has 2 aromatic carbocycles. The van der Waals surface area contributed by atoms with Crippen molar-refractivity contribution in [2.75, 3.05) is 0 Å². The molecule has 1 heteroatoms. The maximum atomic E-state index is 4.39. The predicted molar refractivity (Wildman–Crippen MR) is 95.2 cm³/mol. The van der Waals surface area contributed by atoms with Gasteiger partial charge in [-0.3, -0.25) is 4.99 Å². The van der Waals surface area contributed by atoms with Crippen LogP contribution < -0.4 is 0 Å². The molecule has 0 aromatic heterocycles. The molecule has 1 nitrogen and oxygen atoms in total. The minimum Gasteiger partial charge on any atom is -0.288 e.